The second-order valence-electron chi connectivity index (χ2n) is 6.19. The Morgan fingerprint density at radius 2 is 1.88 bits per heavy atom. The van der Waals surface area contributed by atoms with Gasteiger partial charge in [-0.15, -0.1) is 0 Å². The molecule has 0 amide bonds. The fraction of sp³-hybridized carbons (Fsp3) is 0.529. The van der Waals surface area contributed by atoms with Crippen LogP contribution in [0.15, 0.2) is 29.2 Å². The zero-order chi connectivity index (χ0) is 18.0. The standard InChI is InChI=1S/C17H23NO5S/c1-4-23-16(20)17(3)10-12-18(11-9-15(17)19)24(21,22)14-7-5-13(2)6-8-14/h5-8H,4,9-12H2,1-3H3. The minimum Gasteiger partial charge on any atom is -0.465 e. The van der Waals surface area contributed by atoms with E-state index in [1.54, 1.807) is 31.2 Å². The monoisotopic (exact) mass is 353 g/mol. The lowest BCUT2D eigenvalue weighted by Gasteiger charge is -2.24. The molecule has 1 fully saturated rings. The molecule has 24 heavy (non-hydrogen) atoms. The van der Waals surface area contributed by atoms with Crippen LogP contribution in [0.1, 0.15) is 32.3 Å². The lowest BCUT2D eigenvalue weighted by Crippen LogP contribution is -2.38. The lowest BCUT2D eigenvalue weighted by molar-refractivity contribution is -0.159. The molecular weight excluding hydrogens is 330 g/mol. The number of benzene rings is 1. The van der Waals surface area contributed by atoms with E-state index in [0.717, 1.165) is 5.56 Å². The number of sulfonamides is 1. The van der Waals surface area contributed by atoms with Crippen LogP contribution in [0.5, 0.6) is 0 Å². The molecule has 1 unspecified atom stereocenters. The number of hydrogen-bond acceptors (Lipinski definition) is 5. The number of carbonyl (C=O) groups excluding carboxylic acids is 2. The highest BCUT2D eigenvalue weighted by atomic mass is 32.2. The van der Waals surface area contributed by atoms with E-state index in [0.29, 0.717) is 0 Å². The number of nitrogens with zero attached hydrogens (tertiary/aromatic N) is 1. The van der Waals surface area contributed by atoms with Crippen LogP contribution in [0.4, 0.5) is 0 Å². The van der Waals surface area contributed by atoms with Gasteiger partial charge >= 0.3 is 5.97 Å². The van der Waals surface area contributed by atoms with Gasteiger partial charge in [0.15, 0.2) is 5.78 Å². The van der Waals surface area contributed by atoms with E-state index in [2.05, 4.69) is 0 Å². The first-order valence-electron chi connectivity index (χ1n) is 7.99. The molecule has 0 aliphatic carbocycles. The molecule has 6 nitrogen and oxygen atoms in total. The number of rotatable bonds is 4. The van der Waals surface area contributed by atoms with Crippen molar-refractivity contribution in [2.45, 2.75) is 38.5 Å². The molecular formula is C17H23NO5S. The predicted octanol–water partition coefficient (Wildman–Crippen LogP) is 1.92. The van der Waals surface area contributed by atoms with Gasteiger partial charge in [0.1, 0.15) is 5.41 Å². The SMILES string of the molecule is CCOC(=O)C1(C)CCN(S(=O)(=O)c2ccc(C)cc2)CCC1=O. The van der Waals surface area contributed by atoms with E-state index in [9.17, 15) is 18.0 Å². The van der Waals surface area contributed by atoms with Crippen molar-refractivity contribution in [1.82, 2.24) is 4.31 Å². The molecule has 0 spiro atoms. The van der Waals surface area contributed by atoms with Crippen LogP contribution < -0.4 is 0 Å². The quantitative estimate of drug-likeness (QED) is 0.610. The van der Waals surface area contributed by atoms with Crippen LogP contribution in [-0.2, 0) is 24.3 Å². The van der Waals surface area contributed by atoms with E-state index in [4.69, 9.17) is 4.74 Å². The Kier molecular flexibility index (Phi) is 5.45. The molecule has 2 rings (SSSR count). The minimum atomic E-state index is -3.68. The van der Waals surface area contributed by atoms with E-state index in [1.165, 1.54) is 11.2 Å². The average Bonchev–Trinajstić information content (AvgIpc) is 2.69. The van der Waals surface area contributed by atoms with Crippen molar-refractivity contribution < 1.29 is 22.7 Å². The van der Waals surface area contributed by atoms with Gasteiger partial charge < -0.3 is 4.74 Å². The van der Waals surface area contributed by atoms with Gasteiger partial charge in [-0.1, -0.05) is 17.7 Å². The lowest BCUT2D eigenvalue weighted by atomic mass is 9.82. The van der Waals surface area contributed by atoms with Crippen molar-refractivity contribution >= 4 is 21.8 Å². The zero-order valence-electron chi connectivity index (χ0n) is 14.2. The molecule has 1 aromatic carbocycles. The largest absolute Gasteiger partial charge is 0.465 e. The van der Waals surface area contributed by atoms with Crippen LogP contribution in [0.2, 0.25) is 0 Å². The third-order valence-electron chi connectivity index (χ3n) is 4.45. The van der Waals surface area contributed by atoms with Gasteiger partial charge in [-0.2, -0.15) is 4.31 Å². The van der Waals surface area contributed by atoms with E-state index >= 15 is 0 Å². The van der Waals surface area contributed by atoms with Crippen molar-refractivity contribution in [1.29, 1.82) is 0 Å². The molecule has 0 bridgehead atoms. The van der Waals surface area contributed by atoms with E-state index in [-0.39, 0.29) is 43.2 Å². The van der Waals surface area contributed by atoms with Gasteiger partial charge in [0, 0.05) is 19.5 Å². The van der Waals surface area contributed by atoms with Crippen LogP contribution in [0.3, 0.4) is 0 Å². The highest BCUT2D eigenvalue weighted by Gasteiger charge is 2.45. The van der Waals surface area contributed by atoms with Gasteiger partial charge in [0.05, 0.1) is 11.5 Å². The average molecular weight is 353 g/mol. The first-order valence-corrected chi connectivity index (χ1v) is 9.43. The number of esters is 1. The molecule has 1 aromatic rings. The topological polar surface area (TPSA) is 80.8 Å². The maximum Gasteiger partial charge on any atom is 0.319 e. The number of Topliss-reactive ketones (excluding diaryl/α,β-unsaturated/α-hetero) is 1. The summed E-state index contributed by atoms with van der Waals surface area (Å²) in [5, 5.41) is 0. The number of hydrogen-bond donors (Lipinski definition) is 0. The molecule has 1 aliphatic heterocycles. The van der Waals surface area contributed by atoms with Crippen LogP contribution >= 0.6 is 0 Å². The summed E-state index contributed by atoms with van der Waals surface area (Å²) >= 11 is 0. The predicted molar refractivity (Wildman–Crippen MR) is 88.9 cm³/mol. The summed E-state index contributed by atoms with van der Waals surface area (Å²) in [5.74, 6) is -0.855. The summed E-state index contributed by atoms with van der Waals surface area (Å²) in [6, 6.07) is 6.58. The van der Waals surface area contributed by atoms with Crippen molar-refractivity contribution in [3.05, 3.63) is 29.8 Å². The first kappa shape index (κ1) is 18.6. The highest BCUT2D eigenvalue weighted by Crippen LogP contribution is 2.31. The van der Waals surface area contributed by atoms with Crippen LogP contribution in [-0.4, -0.2) is 44.2 Å². The van der Waals surface area contributed by atoms with Crippen molar-refractivity contribution in [3.8, 4) is 0 Å². The summed E-state index contributed by atoms with van der Waals surface area (Å²) in [7, 11) is -3.68. The molecule has 7 heteroatoms. The van der Waals surface area contributed by atoms with Gasteiger partial charge in [0.2, 0.25) is 10.0 Å². The van der Waals surface area contributed by atoms with E-state index in [1.807, 2.05) is 6.92 Å². The Labute approximate surface area is 142 Å². The number of carbonyl (C=O) groups is 2. The fourth-order valence-electron chi connectivity index (χ4n) is 2.71. The molecule has 1 atom stereocenters. The van der Waals surface area contributed by atoms with Gasteiger partial charge in [0.25, 0.3) is 0 Å². The molecule has 0 saturated carbocycles. The number of ether oxygens (including phenoxy) is 1. The van der Waals surface area contributed by atoms with Gasteiger partial charge in [-0.3, -0.25) is 9.59 Å². The molecule has 132 valence electrons. The number of ketones is 1. The highest BCUT2D eigenvalue weighted by molar-refractivity contribution is 7.89. The smallest absolute Gasteiger partial charge is 0.319 e. The molecule has 1 heterocycles. The Bertz CT molecular complexity index is 726. The second kappa shape index (κ2) is 7.03. The zero-order valence-corrected chi connectivity index (χ0v) is 15.1. The molecule has 0 aromatic heterocycles. The third-order valence-corrected chi connectivity index (χ3v) is 6.36. The first-order chi connectivity index (χ1) is 11.2. The number of aryl methyl sites for hydroxylation is 1. The summed E-state index contributed by atoms with van der Waals surface area (Å²) in [5.41, 5.74) is -0.317. The van der Waals surface area contributed by atoms with Crippen molar-refractivity contribution in [3.63, 3.8) is 0 Å². The molecule has 0 radical (unpaired) electrons. The minimum absolute atomic E-state index is 0.000402. The second-order valence-corrected chi connectivity index (χ2v) is 8.13. The van der Waals surface area contributed by atoms with E-state index < -0.39 is 21.4 Å². The van der Waals surface area contributed by atoms with Crippen molar-refractivity contribution in [2.75, 3.05) is 19.7 Å². The Hall–Kier alpha value is -1.73. The maximum absolute atomic E-state index is 12.8. The summed E-state index contributed by atoms with van der Waals surface area (Å²) in [6.45, 7) is 5.46. The maximum atomic E-state index is 12.8. The Morgan fingerprint density at radius 1 is 1.25 bits per heavy atom. The normalized spacial score (nSPS) is 22.9. The van der Waals surface area contributed by atoms with Crippen molar-refractivity contribution in [2.24, 2.45) is 5.41 Å². The van der Waals surface area contributed by atoms with Gasteiger partial charge in [-0.25, -0.2) is 8.42 Å². The third kappa shape index (κ3) is 3.52. The Balaban J connectivity index is 2.25. The molecule has 1 saturated heterocycles. The summed E-state index contributed by atoms with van der Waals surface area (Å²) in [4.78, 5) is 24.7. The van der Waals surface area contributed by atoms with Crippen LogP contribution in [0.25, 0.3) is 0 Å². The summed E-state index contributed by atoms with van der Waals surface area (Å²) < 4.78 is 31.8. The molecule has 0 N–H and O–H groups in total. The fourth-order valence-corrected chi connectivity index (χ4v) is 4.15. The Morgan fingerprint density at radius 3 is 2.46 bits per heavy atom. The van der Waals surface area contributed by atoms with Crippen LogP contribution in [0, 0.1) is 12.3 Å². The molecule has 1 aliphatic rings. The summed E-state index contributed by atoms with van der Waals surface area (Å²) in [6.07, 6.45) is 0.121. The van der Waals surface area contributed by atoms with Gasteiger partial charge in [-0.05, 0) is 39.3 Å².